The van der Waals surface area contributed by atoms with E-state index >= 15 is 0 Å². The van der Waals surface area contributed by atoms with Gasteiger partial charge >= 0.3 is 0 Å². The molecule has 2 nitrogen and oxygen atoms in total. The highest BCUT2D eigenvalue weighted by Crippen LogP contribution is 2.11. The van der Waals surface area contributed by atoms with E-state index in [2.05, 4.69) is 4.98 Å². The fraction of sp³-hybridized carbons (Fsp3) is 0.200. The number of nitrogens with zero attached hydrogens (tertiary/aromatic N) is 1. The second-order valence-corrected chi connectivity index (χ2v) is 4.27. The summed E-state index contributed by atoms with van der Waals surface area (Å²) in [5, 5.41) is 0. The summed E-state index contributed by atoms with van der Waals surface area (Å²) in [5.74, 6) is -1.40. The molecule has 0 unspecified atom stereocenters. The lowest BCUT2D eigenvalue weighted by Crippen LogP contribution is -2.06. The van der Waals surface area contributed by atoms with Gasteiger partial charge in [0.15, 0.2) is 0 Å². The van der Waals surface area contributed by atoms with E-state index in [-0.39, 0.29) is 17.8 Å². The van der Waals surface area contributed by atoms with E-state index in [0.717, 1.165) is 17.8 Å². The molecule has 1 heterocycles. The molecule has 0 N–H and O–H groups in total. The molecule has 0 aliphatic rings. The van der Waals surface area contributed by atoms with Gasteiger partial charge in [0.25, 0.3) is 0 Å². The molecule has 0 aliphatic carbocycles. The highest BCUT2D eigenvalue weighted by atomic mass is 19.1. The van der Waals surface area contributed by atoms with Crippen LogP contribution in [0.25, 0.3) is 0 Å². The Balaban J connectivity index is 1.91. The Labute approximate surface area is 110 Å². The lowest BCUT2D eigenvalue weighted by atomic mass is 10.0. The maximum atomic E-state index is 13.4. The van der Waals surface area contributed by atoms with Crippen molar-refractivity contribution in [3.8, 4) is 0 Å². The van der Waals surface area contributed by atoms with Crippen molar-refractivity contribution >= 4 is 5.78 Å². The topological polar surface area (TPSA) is 30.0 Å². The van der Waals surface area contributed by atoms with Gasteiger partial charge in [-0.05, 0) is 30.2 Å². The van der Waals surface area contributed by atoms with E-state index in [1.54, 1.807) is 12.3 Å². The molecule has 2 rings (SSSR count). The van der Waals surface area contributed by atoms with Gasteiger partial charge in [-0.25, -0.2) is 8.78 Å². The van der Waals surface area contributed by atoms with Crippen LogP contribution in [0, 0.1) is 11.6 Å². The van der Waals surface area contributed by atoms with E-state index in [1.807, 2.05) is 12.1 Å². The Morgan fingerprint density at radius 1 is 1.16 bits per heavy atom. The monoisotopic (exact) mass is 261 g/mol. The summed E-state index contributed by atoms with van der Waals surface area (Å²) in [5.41, 5.74) is 1.06. The Morgan fingerprint density at radius 3 is 2.68 bits per heavy atom. The molecule has 0 atom stereocenters. The number of rotatable bonds is 5. The number of benzene rings is 1. The highest BCUT2D eigenvalue weighted by molar-refractivity contribution is 5.81. The average Bonchev–Trinajstić information content (AvgIpc) is 2.41. The lowest BCUT2D eigenvalue weighted by molar-refractivity contribution is -0.118. The summed E-state index contributed by atoms with van der Waals surface area (Å²) in [4.78, 5) is 15.8. The van der Waals surface area contributed by atoms with Crippen LogP contribution in [0.2, 0.25) is 0 Å². The third-order valence-electron chi connectivity index (χ3n) is 2.79. The molecule has 0 bridgehead atoms. The van der Waals surface area contributed by atoms with Crippen LogP contribution >= 0.6 is 0 Å². The summed E-state index contributed by atoms with van der Waals surface area (Å²) in [6.07, 6.45) is 2.48. The van der Waals surface area contributed by atoms with Crippen LogP contribution in [0.4, 0.5) is 8.78 Å². The predicted octanol–water partition coefficient (Wildman–Crippen LogP) is 3.10. The van der Waals surface area contributed by atoms with E-state index in [4.69, 9.17) is 0 Å². The Kier molecular flexibility index (Phi) is 4.34. The largest absolute Gasteiger partial charge is 0.299 e. The number of Topliss-reactive ketones (excluding diaryl/α,β-unsaturated/α-hetero) is 1. The van der Waals surface area contributed by atoms with Crippen molar-refractivity contribution in [1.82, 2.24) is 4.98 Å². The third kappa shape index (κ3) is 3.95. The number of hydrogen-bond donors (Lipinski definition) is 0. The summed E-state index contributed by atoms with van der Waals surface area (Å²) in [7, 11) is 0. The second-order valence-electron chi connectivity index (χ2n) is 4.27. The number of aryl methyl sites for hydroxylation is 1. The molecule has 1 aromatic heterocycles. The minimum absolute atomic E-state index is 0.0149. The number of carbonyl (C=O) groups excluding carboxylic acids is 1. The van der Waals surface area contributed by atoms with Gasteiger partial charge < -0.3 is 0 Å². The number of carbonyl (C=O) groups is 1. The minimum Gasteiger partial charge on any atom is -0.299 e. The van der Waals surface area contributed by atoms with Gasteiger partial charge in [0.2, 0.25) is 0 Å². The molecule has 1 aromatic carbocycles. The molecular weight excluding hydrogens is 248 g/mol. The van der Waals surface area contributed by atoms with E-state index in [0.29, 0.717) is 12.8 Å². The van der Waals surface area contributed by atoms with E-state index in [9.17, 15) is 13.6 Å². The quantitative estimate of drug-likeness (QED) is 0.827. The Bertz CT molecular complexity index is 570. The zero-order valence-electron chi connectivity index (χ0n) is 10.3. The molecule has 98 valence electrons. The zero-order chi connectivity index (χ0) is 13.7. The number of hydrogen-bond acceptors (Lipinski definition) is 2. The van der Waals surface area contributed by atoms with E-state index < -0.39 is 11.6 Å². The first-order valence-electron chi connectivity index (χ1n) is 6.00. The van der Waals surface area contributed by atoms with Gasteiger partial charge in [-0.3, -0.25) is 9.78 Å². The lowest BCUT2D eigenvalue weighted by Gasteiger charge is -2.03. The number of halogens is 2. The maximum Gasteiger partial charge on any atom is 0.137 e. The van der Waals surface area contributed by atoms with Gasteiger partial charge in [0, 0.05) is 30.8 Å². The summed E-state index contributed by atoms with van der Waals surface area (Å²) >= 11 is 0. The van der Waals surface area contributed by atoms with Crippen LogP contribution in [0.3, 0.4) is 0 Å². The van der Waals surface area contributed by atoms with Gasteiger partial charge in [-0.15, -0.1) is 0 Å². The first kappa shape index (κ1) is 13.3. The molecule has 0 saturated carbocycles. The van der Waals surface area contributed by atoms with Crippen LogP contribution in [-0.2, 0) is 17.6 Å². The van der Waals surface area contributed by atoms with Crippen molar-refractivity contribution in [2.24, 2.45) is 0 Å². The number of pyridine rings is 1. The molecule has 2 aromatic rings. The molecule has 0 radical (unpaired) electrons. The molecule has 0 fully saturated rings. The fourth-order valence-electron chi connectivity index (χ4n) is 1.78. The van der Waals surface area contributed by atoms with Crippen LogP contribution in [0.5, 0.6) is 0 Å². The second kappa shape index (κ2) is 6.18. The van der Waals surface area contributed by atoms with Crippen LogP contribution in [0.1, 0.15) is 17.7 Å². The number of ketones is 1. The van der Waals surface area contributed by atoms with Crippen molar-refractivity contribution in [3.63, 3.8) is 0 Å². The van der Waals surface area contributed by atoms with Crippen molar-refractivity contribution in [2.45, 2.75) is 19.3 Å². The van der Waals surface area contributed by atoms with Gasteiger partial charge in [0.05, 0.1) is 0 Å². The Morgan fingerprint density at radius 2 is 2.00 bits per heavy atom. The smallest absolute Gasteiger partial charge is 0.137 e. The highest BCUT2D eigenvalue weighted by Gasteiger charge is 2.09. The van der Waals surface area contributed by atoms with Crippen LogP contribution in [-0.4, -0.2) is 10.8 Å². The predicted molar refractivity (Wildman–Crippen MR) is 67.6 cm³/mol. The van der Waals surface area contributed by atoms with E-state index in [1.165, 1.54) is 6.07 Å². The van der Waals surface area contributed by atoms with Crippen molar-refractivity contribution in [3.05, 3.63) is 65.5 Å². The van der Waals surface area contributed by atoms with Crippen molar-refractivity contribution in [2.75, 3.05) is 0 Å². The molecule has 0 amide bonds. The van der Waals surface area contributed by atoms with Crippen molar-refractivity contribution in [1.29, 1.82) is 0 Å². The van der Waals surface area contributed by atoms with Gasteiger partial charge in [-0.1, -0.05) is 12.1 Å². The Hall–Kier alpha value is -2.10. The average molecular weight is 261 g/mol. The van der Waals surface area contributed by atoms with Crippen LogP contribution in [0.15, 0.2) is 42.6 Å². The molecule has 0 aliphatic heterocycles. The first-order chi connectivity index (χ1) is 9.15. The van der Waals surface area contributed by atoms with Crippen molar-refractivity contribution < 1.29 is 13.6 Å². The molecule has 0 spiro atoms. The van der Waals surface area contributed by atoms with Gasteiger partial charge in [-0.2, -0.15) is 0 Å². The SMILES string of the molecule is O=C(CCc1ccccn1)Cc1ccc(F)cc1F. The summed E-state index contributed by atoms with van der Waals surface area (Å²) in [6, 6.07) is 8.76. The first-order valence-corrected chi connectivity index (χ1v) is 6.00. The fourth-order valence-corrected chi connectivity index (χ4v) is 1.78. The standard InChI is InChI=1S/C15H13F2NO/c16-12-5-4-11(15(17)10-12)9-14(19)7-6-13-3-1-2-8-18-13/h1-5,8,10H,6-7,9H2. The van der Waals surface area contributed by atoms with Gasteiger partial charge in [0.1, 0.15) is 17.4 Å². The molecular formula is C15H13F2NO. The zero-order valence-corrected chi connectivity index (χ0v) is 10.3. The number of aromatic nitrogens is 1. The normalized spacial score (nSPS) is 10.4. The maximum absolute atomic E-state index is 13.4. The van der Waals surface area contributed by atoms with Crippen LogP contribution < -0.4 is 0 Å². The summed E-state index contributed by atoms with van der Waals surface area (Å²) < 4.78 is 26.1. The summed E-state index contributed by atoms with van der Waals surface area (Å²) in [6.45, 7) is 0. The molecule has 19 heavy (non-hydrogen) atoms. The minimum atomic E-state index is -0.675. The third-order valence-corrected chi connectivity index (χ3v) is 2.79. The molecule has 0 saturated heterocycles. The molecule has 4 heteroatoms.